The van der Waals surface area contributed by atoms with Gasteiger partial charge in [-0.1, -0.05) is 44.7 Å². The lowest BCUT2D eigenvalue weighted by Crippen LogP contribution is -2.00. The van der Waals surface area contributed by atoms with Crippen LogP contribution in [0.2, 0.25) is 0 Å². The van der Waals surface area contributed by atoms with Crippen molar-refractivity contribution in [1.82, 2.24) is 9.78 Å². The summed E-state index contributed by atoms with van der Waals surface area (Å²) in [5.74, 6) is 0.493. The Morgan fingerprint density at radius 3 is 2.71 bits per heavy atom. The third-order valence-corrected chi connectivity index (χ3v) is 3.72. The Bertz CT molecular complexity index is 812. The first kappa shape index (κ1) is 13.4. The van der Waals surface area contributed by atoms with E-state index in [1.54, 1.807) is 0 Å². The lowest BCUT2D eigenvalue weighted by atomic mass is 10.0. The van der Waals surface area contributed by atoms with Crippen molar-refractivity contribution >= 4 is 16.6 Å². The van der Waals surface area contributed by atoms with Crippen molar-refractivity contribution < 1.29 is 0 Å². The first-order valence-corrected chi connectivity index (χ1v) is 7.09. The average molecular weight is 277 g/mol. The van der Waals surface area contributed by atoms with Gasteiger partial charge in [-0.05, 0) is 35.2 Å². The topological polar surface area (TPSA) is 43.8 Å². The second-order valence-electron chi connectivity index (χ2n) is 5.60. The van der Waals surface area contributed by atoms with Gasteiger partial charge in [-0.25, -0.2) is 4.68 Å². The lowest BCUT2D eigenvalue weighted by Gasteiger charge is -2.09. The highest BCUT2D eigenvalue weighted by atomic mass is 15.3. The van der Waals surface area contributed by atoms with E-state index in [9.17, 15) is 0 Å². The van der Waals surface area contributed by atoms with E-state index in [0.29, 0.717) is 11.6 Å². The minimum absolute atomic E-state index is 0.493. The third kappa shape index (κ3) is 2.42. The molecule has 3 rings (SSSR count). The summed E-state index contributed by atoms with van der Waals surface area (Å²) in [5.41, 5.74) is 10.7. The molecule has 0 aliphatic heterocycles. The number of aromatic nitrogens is 2. The van der Waals surface area contributed by atoms with Gasteiger partial charge in [0.05, 0.1) is 17.4 Å². The number of rotatable bonds is 3. The predicted molar refractivity (Wildman–Crippen MR) is 88.4 cm³/mol. The van der Waals surface area contributed by atoms with Crippen molar-refractivity contribution in [3.63, 3.8) is 0 Å². The summed E-state index contributed by atoms with van der Waals surface area (Å²) in [6, 6.07) is 14.5. The van der Waals surface area contributed by atoms with Gasteiger partial charge in [0.1, 0.15) is 0 Å². The van der Waals surface area contributed by atoms with E-state index in [1.807, 2.05) is 35.1 Å². The Morgan fingerprint density at radius 2 is 2.00 bits per heavy atom. The van der Waals surface area contributed by atoms with Crippen LogP contribution < -0.4 is 5.73 Å². The van der Waals surface area contributed by atoms with E-state index in [-0.39, 0.29) is 0 Å². The van der Waals surface area contributed by atoms with Crippen LogP contribution in [0, 0.1) is 0 Å². The zero-order valence-corrected chi connectivity index (χ0v) is 12.4. The van der Waals surface area contributed by atoms with Crippen LogP contribution in [0.25, 0.3) is 22.3 Å². The van der Waals surface area contributed by atoms with Crippen LogP contribution in [0.4, 0.5) is 0 Å². The fourth-order valence-electron chi connectivity index (χ4n) is 2.44. The Balaban J connectivity index is 2.18. The van der Waals surface area contributed by atoms with Gasteiger partial charge in [0.2, 0.25) is 0 Å². The molecule has 2 N–H and O–H groups in total. The van der Waals surface area contributed by atoms with Crippen molar-refractivity contribution in [2.45, 2.75) is 19.8 Å². The largest absolute Gasteiger partial charge is 0.399 e. The standard InChI is InChI=1S/C18H19N3/c1-12(2)14-7-8-16-11-20-21(18(16)10-14)17-6-4-5-15(9-17)13(3)19/h4-12H,3,19H2,1-2H3. The summed E-state index contributed by atoms with van der Waals surface area (Å²) in [6.07, 6.45) is 1.89. The summed E-state index contributed by atoms with van der Waals surface area (Å²) in [5, 5.41) is 5.65. The van der Waals surface area contributed by atoms with Crippen molar-refractivity contribution in [3.05, 3.63) is 66.4 Å². The molecule has 0 bridgehead atoms. The van der Waals surface area contributed by atoms with E-state index >= 15 is 0 Å². The van der Waals surface area contributed by atoms with Gasteiger partial charge in [0, 0.05) is 11.1 Å². The molecule has 3 nitrogen and oxygen atoms in total. The Labute approximate surface area is 124 Å². The first-order chi connectivity index (χ1) is 10.1. The van der Waals surface area contributed by atoms with Gasteiger partial charge in [-0.3, -0.25) is 0 Å². The normalized spacial score (nSPS) is 11.2. The van der Waals surface area contributed by atoms with E-state index in [4.69, 9.17) is 5.73 Å². The maximum atomic E-state index is 5.79. The van der Waals surface area contributed by atoms with Crippen molar-refractivity contribution in [2.24, 2.45) is 5.73 Å². The number of nitrogens with zero attached hydrogens (tertiary/aromatic N) is 2. The molecule has 0 radical (unpaired) electrons. The van der Waals surface area contributed by atoms with Crippen LogP contribution in [0.3, 0.4) is 0 Å². The molecule has 1 aromatic heterocycles. The summed E-state index contributed by atoms with van der Waals surface area (Å²) in [7, 11) is 0. The monoisotopic (exact) mass is 277 g/mol. The minimum Gasteiger partial charge on any atom is -0.399 e. The Kier molecular flexibility index (Phi) is 3.26. The Morgan fingerprint density at radius 1 is 1.19 bits per heavy atom. The van der Waals surface area contributed by atoms with E-state index in [1.165, 1.54) is 5.56 Å². The smallest absolute Gasteiger partial charge is 0.0743 e. The second-order valence-corrected chi connectivity index (χ2v) is 5.60. The first-order valence-electron chi connectivity index (χ1n) is 7.09. The van der Waals surface area contributed by atoms with Gasteiger partial charge in [0.15, 0.2) is 0 Å². The van der Waals surface area contributed by atoms with E-state index in [0.717, 1.165) is 22.2 Å². The predicted octanol–water partition coefficient (Wildman–Crippen LogP) is 4.08. The van der Waals surface area contributed by atoms with E-state index < -0.39 is 0 Å². The van der Waals surface area contributed by atoms with Crippen LogP contribution in [0.15, 0.2) is 55.2 Å². The zero-order chi connectivity index (χ0) is 15.0. The highest BCUT2D eigenvalue weighted by Gasteiger charge is 2.08. The summed E-state index contributed by atoms with van der Waals surface area (Å²) in [6.45, 7) is 8.19. The molecule has 0 atom stereocenters. The van der Waals surface area contributed by atoms with Gasteiger partial charge in [-0.2, -0.15) is 5.10 Å². The lowest BCUT2D eigenvalue weighted by molar-refractivity contribution is 0.863. The molecular weight excluding hydrogens is 258 g/mol. The highest BCUT2D eigenvalue weighted by molar-refractivity contribution is 5.81. The van der Waals surface area contributed by atoms with Crippen LogP contribution >= 0.6 is 0 Å². The molecule has 0 unspecified atom stereocenters. The molecule has 21 heavy (non-hydrogen) atoms. The molecule has 1 heterocycles. The molecule has 0 amide bonds. The van der Waals surface area contributed by atoms with Gasteiger partial charge >= 0.3 is 0 Å². The number of hydrogen-bond acceptors (Lipinski definition) is 2. The molecule has 0 aliphatic carbocycles. The summed E-state index contributed by atoms with van der Waals surface area (Å²) in [4.78, 5) is 0. The molecule has 0 aliphatic rings. The zero-order valence-electron chi connectivity index (χ0n) is 12.4. The van der Waals surface area contributed by atoms with Crippen LogP contribution in [-0.2, 0) is 0 Å². The molecule has 0 spiro atoms. The molecule has 0 saturated heterocycles. The molecule has 0 saturated carbocycles. The number of benzene rings is 2. The van der Waals surface area contributed by atoms with Crippen molar-refractivity contribution in [3.8, 4) is 5.69 Å². The quantitative estimate of drug-likeness (QED) is 0.784. The average Bonchev–Trinajstić information content (AvgIpc) is 2.90. The van der Waals surface area contributed by atoms with Crippen LogP contribution in [0.1, 0.15) is 30.9 Å². The Hall–Kier alpha value is -2.55. The molecule has 106 valence electrons. The van der Waals surface area contributed by atoms with Gasteiger partial charge in [0.25, 0.3) is 0 Å². The molecule has 2 aromatic carbocycles. The fourth-order valence-corrected chi connectivity index (χ4v) is 2.44. The van der Waals surface area contributed by atoms with Crippen molar-refractivity contribution in [2.75, 3.05) is 0 Å². The van der Waals surface area contributed by atoms with Crippen LogP contribution in [0.5, 0.6) is 0 Å². The van der Waals surface area contributed by atoms with Gasteiger partial charge < -0.3 is 5.73 Å². The number of hydrogen-bond donors (Lipinski definition) is 1. The molecule has 3 aromatic rings. The molecule has 3 heteroatoms. The van der Waals surface area contributed by atoms with Crippen molar-refractivity contribution in [1.29, 1.82) is 0 Å². The maximum absolute atomic E-state index is 5.79. The summed E-state index contributed by atoms with van der Waals surface area (Å²) >= 11 is 0. The van der Waals surface area contributed by atoms with Gasteiger partial charge in [-0.15, -0.1) is 0 Å². The highest BCUT2D eigenvalue weighted by Crippen LogP contribution is 2.24. The minimum atomic E-state index is 0.493. The van der Waals surface area contributed by atoms with Crippen LogP contribution in [-0.4, -0.2) is 9.78 Å². The number of nitrogens with two attached hydrogens (primary N) is 1. The van der Waals surface area contributed by atoms with E-state index in [2.05, 4.69) is 43.7 Å². The SMILES string of the molecule is C=C(N)c1cccc(-n2ncc3ccc(C(C)C)cc32)c1. The second kappa shape index (κ2) is 5.09. The molecular formula is C18H19N3. The third-order valence-electron chi connectivity index (χ3n) is 3.72. The summed E-state index contributed by atoms with van der Waals surface area (Å²) < 4.78 is 1.95. The maximum Gasteiger partial charge on any atom is 0.0743 e. The fraction of sp³-hybridized carbons (Fsp3) is 0.167. The molecule has 0 fully saturated rings. The number of fused-ring (bicyclic) bond motifs is 1.